The minimum Gasteiger partial charge on any atom is -0.491 e. The van der Waals surface area contributed by atoms with Gasteiger partial charge in [-0.15, -0.1) is 5.10 Å². The normalized spacial score (nSPS) is 21.6. The van der Waals surface area contributed by atoms with Gasteiger partial charge >= 0.3 is 17.9 Å². The molecule has 4 rings (SSSR count). The number of benzene rings is 2. The minimum absolute atomic E-state index is 0.0281. The van der Waals surface area contributed by atoms with Crippen molar-refractivity contribution in [1.29, 1.82) is 0 Å². The first-order valence-electron chi connectivity index (χ1n) is 12.6. The van der Waals surface area contributed by atoms with Gasteiger partial charge in [-0.2, -0.15) is 0 Å². The number of esters is 3. The van der Waals surface area contributed by atoms with Crippen LogP contribution in [-0.4, -0.2) is 70.4 Å². The van der Waals surface area contributed by atoms with E-state index in [-0.39, 0.29) is 22.9 Å². The Bertz CT molecular complexity index is 1500. The predicted molar refractivity (Wildman–Crippen MR) is 150 cm³/mol. The number of carbonyl (C=O) groups is 3. The number of thioether (sulfide) groups is 1. The average Bonchev–Trinajstić information content (AvgIpc) is 3.40. The van der Waals surface area contributed by atoms with E-state index in [0.717, 1.165) is 37.9 Å². The number of nitrogens with zero attached hydrogens (tertiary/aromatic N) is 3. The number of hydrogen-bond donors (Lipinski definition) is 0. The minimum atomic E-state index is -1.23. The SMILES string of the molecule is COc1c(F)cc(-c2cn([C@@H]3C(OC(C)=O)[C@@H](Sc4ccc(Cl)c(Cl)c4)OC(COC(C)=O)[C@@H]3OC(C)=O)nn2)cc1F. The van der Waals surface area contributed by atoms with Crippen LogP contribution >= 0.6 is 35.0 Å². The highest BCUT2D eigenvalue weighted by atomic mass is 35.5. The fraction of sp³-hybridized carbons (Fsp3) is 0.370. The number of halogens is 4. The lowest BCUT2D eigenvalue weighted by Gasteiger charge is -2.44. The van der Waals surface area contributed by atoms with Crippen molar-refractivity contribution in [3.05, 3.63) is 58.2 Å². The molecule has 5 atom stereocenters. The molecule has 0 spiro atoms. The molecule has 2 aromatic carbocycles. The maximum atomic E-state index is 14.5. The van der Waals surface area contributed by atoms with Gasteiger partial charge in [-0.25, -0.2) is 13.5 Å². The molecular weight excluding hydrogens is 635 g/mol. The third-order valence-corrected chi connectivity index (χ3v) is 8.01. The molecule has 1 aliphatic heterocycles. The Morgan fingerprint density at radius 3 is 2.21 bits per heavy atom. The van der Waals surface area contributed by atoms with Crippen LogP contribution in [0.25, 0.3) is 11.3 Å². The van der Waals surface area contributed by atoms with Gasteiger partial charge in [0.15, 0.2) is 29.6 Å². The van der Waals surface area contributed by atoms with E-state index in [4.69, 9.17) is 46.9 Å². The van der Waals surface area contributed by atoms with Crippen LogP contribution in [0.4, 0.5) is 8.78 Å². The van der Waals surface area contributed by atoms with Gasteiger partial charge in [0.25, 0.3) is 0 Å². The van der Waals surface area contributed by atoms with Gasteiger partial charge in [0.05, 0.1) is 23.4 Å². The van der Waals surface area contributed by atoms with Gasteiger partial charge in [0.2, 0.25) is 0 Å². The van der Waals surface area contributed by atoms with Crippen molar-refractivity contribution in [2.45, 2.75) is 55.5 Å². The Kier molecular flexibility index (Phi) is 10.5. The van der Waals surface area contributed by atoms with E-state index < -0.39 is 65.1 Å². The molecular formula is C27H25Cl2F2N3O8S. The second-order valence-electron chi connectivity index (χ2n) is 9.23. The summed E-state index contributed by atoms with van der Waals surface area (Å²) < 4.78 is 57.6. The molecule has 1 saturated heterocycles. The van der Waals surface area contributed by atoms with Crippen LogP contribution in [0.5, 0.6) is 5.75 Å². The van der Waals surface area contributed by atoms with Crippen LogP contribution in [0.15, 0.2) is 41.4 Å². The zero-order valence-electron chi connectivity index (χ0n) is 23.1. The van der Waals surface area contributed by atoms with Gasteiger partial charge in [-0.3, -0.25) is 14.4 Å². The zero-order valence-corrected chi connectivity index (χ0v) is 25.4. The molecule has 11 nitrogen and oxygen atoms in total. The lowest BCUT2D eigenvalue weighted by atomic mass is 9.96. The first-order chi connectivity index (χ1) is 20.4. The molecule has 1 aliphatic rings. The summed E-state index contributed by atoms with van der Waals surface area (Å²) in [5.74, 6) is -4.53. The van der Waals surface area contributed by atoms with Crippen molar-refractivity contribution >= 4 is 52.9 Å². The highest BCUT2D eigenvalue weighted by Gasteiger charge is 2.52. The van der Waals surface area contributed by atoms with Gasteiger partial charge in [0, 0.05) is 31.2 Å². The molecule has 1 fully saturated rings. The number of aromatic nitrogens is 3. The zero-order chi connectivity index (χ0) is 31.4. The topological polar surface area (TPSA) is 128 Å². The largest absolute Gasteiger partial charge is 0.491 e. The molecule has 0 aliphatic carbocycles. The predicted octanol–water partition coefficient (Wildman–Crippen LogP) is 5.02. The first-order valence-corrected chi connectivity index (χ1v) is 14.2. The lowest BCUT2D eigenvalue weighted by Crippen LogP contribution is -2.57. The van der Waals surface area contributed by atoms with E-state index in [2.05, 4.69) is 10.3 Å². The van der Waals surface area contributed by atoms with Gasteiger partial charge in [-0.05, 0) is 30.3 Å². The Balaban J connectivity index is 1.82. The van der Waals surface area contributed by atoms with Crippen LogP contribution in [0.1, 0.15) is 26.8 Å². The van der Waals surface area contributed by atoms with Crippen molar-refractivity contribution in [1.82, 2.24) is 15.0 Å². The number of rotatable bonds is 9. The van der Waals surface area contributed by atoms with E-state index in [1.54, 1.807) is 18.2 Å². The summed E-state index contributed by atoms with van der Waals surface area (Å²) in [6.45, 7) is 3.19. The van der Waals surface area contributed by atoms with E-state index in [1.165, 1.54) is 24.7 Å². The Hall–Kier alpha value is -3.46. The van der Waals surface area contributed by atoms with E-state index in [9.17, 15) is 23.2 Å². The highest BCUT2D eigenvalue weighted by Crippen LogP contribution is 2.42. The third-order valence-electron chi connectivity index (χ3n) is 6.13. The number of ether oxygens (including phenoxy) is 5. The first kappa shape index (κ1) is 32.5. The average molecular weight is 660 g/mol. The molecule has 0 bridgehead atoms. The van der Waals surface area contributed by atoms with Crippen LogP contribution < -0.4 is 4.74 Å². The quantitative estimate of drug-likeness (QED) is 0.227. The molecule has 16 heteroatoms. The van der Waals surface area contributed by atoms with Crippen molar-refractivity contribution in [3.8, 4) is 17.0 Å². The molecule has 1 aromatic heterocycles. The van der Waals surface area contributed by atoms with Crippen molar-refractivity contribution in [2.24, 2.45) is 0 Å². The molecule has 2 unspecified atom stereocenters. The smallest absolute Gasteiger partial charge is 0.303 e. The summed E-state index contributed by atoms with van der Waals surface area (Å²) in [5, 5.41) is 8.75. The summed E-state index contributed by atoms with van der Waals surface area (Å²) in [7, 11) is 1.13. The Labute approximate surface area is 258 Å². The number of carbonyl (C=O) groups excluding carboxylic acids is 3. The Morgan fingerprint density at radius 1 is 0.977 bits per heavy atom. The van der Waals surface area contributed by atoms with Gasteiger partial charge in [0.1, 0.15) is 29.9 Å². The highest BCUT2D eigenvalue weighted by molar-refractivity contribution is 7.99. The molecule has 0 saturated carbocycles. The molecule has 0 N–H and O–H groups in total. The summed E-state index contributed by atoms with van der Waals surface area (Å²) in [6, 6.07) is 5.73. The van der Waals surface area contributed by atoms with Crippen molar-refractivity contribution in [2.75, 3.05) is 13.7 Å². The van der Waals surface area contributed by atoms with Crippen molar-refractivity contribution < 1.29 is 46.8 Å². The maximum absolute atomic E-state index is 14.5. The fourth-order valence-electron chi connectivity index (χ4n) is 4.42. The lowest BCUT2D eigenvalue weighted by molar-refractivity contribution is -0.212. The second kappa shape index (κ2) is 13.9. The number of hydrogen-bond acceptors (Lipinski definition) is 11. The van der Waals surface area contributed by atoms with E-state index in [0.29, 0.717) is 9.92 Å². The van der Waals surface area contributed by atoms with Crippen LogP contribution in [0.3, 0.4) is 0 Å². The standard InChI is InChI=1S/C27H25Cl2F2N3O8S/c1-12(35)39-11-22-25(40-13(2)36)23(34-10-21(32-33-34)15-7-19(30)24(38-4)20(31)8-15)26(41-14(3)37)27(42-22)43-16-5-6-17(28)18(29)9-16/h5-10,22-23,25-27H,11H2,1-4H3/t22?,23-,25-,26?,27+/m0/s1. The number of methoxy groups -OCH3 is 1. The molecule has 3 aromatic rings. The van der Waals surface area contributed by atoms with Crippen molar-refractivity contribution in [3.63, 3.8) is 0 Å². The van der Waals surface area contributed by atoms with Crippen LogP contribution in [-0.2, 0) is 33.3 Å². The second-order valence-corrected chi connectivity index (χ2v) is 11.2. The maximum Gasteiger partial charge on any atom is 0.303 e. The molecule has 230 valence electrons. The van der Waals surface area contributed by atoms with Crippen LogP contribution in [0, 0.1) is 11.6 Å². The fourth-order valence-corrected chi connectivity index (χ4v) is 5.93. The van der Waals surface area contributed by atoms with Gasteiger partial charge < -0.3 is 23.7 Å². The summed E-state index contributed by atoms with van der Waals surface area (Å²) in [6.07, 6.45) is -2.15. The molecule has 0 amide bonds. The summed E-state index contributed by atoms with van der Waals surface area (Å²) in [5.41, 5.74) is -0.928. The van der Waals surface area contributed by atoms with Crippen LogP contribution in [0.2, 0.25) is 10.0 Å². The Morgan fingerprint density at radius 2 is 1.63 bits per heavy atom. The molecule has 2 heterocycles. The molecule has 43 heavy (non-hydrogen) atoms. The third kappa shape index (κ3) is 7.74. The van der Waals surface area contributed by atoms with E-state index in [1.807, 2.05) is 0 Å². The molecule has 0 radical (unpaired) electrons. The summed E-state index contributed by atoms with van der Waals surface area (Å²) in [4.78, 5) is 36.8. The van der Waals surface area contributed by atoms with E-state index >= 15 is 0 Å². The van der Waals surface area contributed by atoms with Gasteiger partial charge in [-0.1, -0.05) is 40.2 Å². The monoisotopic (exact) mass is 659 g/mol. The summed E-state index contributed by atoms with van der Waals surface area (Å²) >= 11 is 13.4.